The van der Waals surface area contributed by atoms with Gasteiger partial charge in [-0.2, -0.15) is 5.26 Å². The molecule has 0 heterocycles. The summed E-state index contributed by atoms with van der Waals surface area (Å²) in [5.74, 6) is 0.523. The Morgan fingerprint density at radius 3 is 2.77 bits per heavy atom. The molecule has 0 aliphatic rings. The van der Waals surface area contributed by atoms with Crippen molar-refractivity contribution in [3.05, 3.63) is 0 Å². The Labute approximate surface area is 79.0 Å². The molecule has 0 bridgehead atoms. The number of rotatable bonds is 5. The van der Waals surface area contributed by atoms with E-state index in [2.05, 4.69) is 15.6 Å². The highest BCUT2D eigenvalue weighted by molar-refractivity contribution is 5.80. The summed E-state index contributed by atoms with van der Waals surface area (Å²) in [5.41, 5.74) is 5.34. The number of aliphatic imine (C=N–C) groups is 1. The maximum Gasteiger partial charge on any atom is 0.204 e. The first kappa shape index (κ1) is 11.7. The zero-order chi connectivity index (χ0) is 9.94. The van der Waals surface area contributed by atoms with E-state index in [0.29, 0.717) is 5.96 Å². The molecule has 0 aliphatic carbocycles. The van der Waals surface area contributed by atoms with E-state index in [1.54, 1.807) is 7.05 Å². The summed E-state index contributed by atoms with van der Waals surface area (Å²) in [5, 5.41) is 13.8. The third kappa shape index (κ3) is 7.09. The lowest BCUT2D eigenvalue weighted by molar-refractivity contribution is 0.667. The van der Waals surface area contributed by atoms with Crippen LogP contribution in [-0.4, -0.2) is 26.1 Å². The van der Waals surface area contributed by atoms with Gasteiger partial charge in [0.05, 0.1) is 0 Å². The van der Waals surface area contributed by atoms with Crippen molar-refractivity contribution in [1.82, 2.24) is 10.6 Å². The van der Waals surface area contributed by atoms with E-state index in [4.69, 9.17) is 11.0 Å². The van der Waals surface area contributed by atoms with Crippen molar-refractivity contribution in [2.75, 3.05) is 20.1 Å². The third-order valence-corrected chi connectivity index (χ3v) is 1.57. The molecule has 0 saturated heterocycles. The molecule has 0 amide bonds. The van der Waals surface area contributed by atoms with E-state index in [0.717, 1.165) is 32.4 Å². The predicted molar refractivity (Wildman–Crippen MR) is 53.0 cm³/mol. The fourth-order valence-corrected chi connectivity index (χ4v) is 0.885. The Morgan fingerprint density at radius 1 is 1.46 bits per heavy atom. The highest BCUT2D eigenvalue weighted by Gasteiger charge is 1.93. The lowest BCUT2D eigenvalue weighted by atomic mass is 10.2. The van der Waals surface area contributed by atoms with Gasteiger partial charge in [-0.05, 0) is 19.4 Å². The standard InChI is InChI=1S/C8H17N5/c1-11-8(13-7-10)12-6-4-2-3-5-9/h2-6,9H2,1H3,(H2,11,12,13). The zero-order valence-corrected chi connectivity index (χ0v) is 8.01. The Hall–Kier alpha value is -1.28. The molecule has 0 fully saturated rings. The van der Waals surface area contributed by atoms with Gasteiger partial charge in [-0.15, -0.1) is 0 Å². The molecule has 13 heavy (non-hydrogen) atoms. The van der Waals surface area contributed by atoms with Gasteiger partial charge in [-0.1, -0.05) is 6.42 Å². The Bertz CT molecular complexity index is 181. The van der Waals surface area contributed by atoms with Crippen LogP contribution in [0.3, 0.4) is 0 Å². The van der Waals surface area contributed by atoms with E-state index in [9.17, 15) is 0 Å². The summed E-state index contributed by atoms with van der Waals surface area (Å²) < 4.78 is 0. The smallest absolute Gasteiger partial charge is 0.204 e. The molecule has 0 rings (SSSR count). The van der Waals surface area contributed by atoms with E-state index in [1.807, 2.05) is 6.19 Å². The quantitative estimate of drug-likeness (QED) is 0.180. The highest BCUT2D eigenvalue weighted by atomic mass is 15.2. The van der Waals surface area contributed by atoms with Gasteiger partial charge in [0.1, 0.15) is 0 Å². The van der Waals surface area contributed by atoms with Gasteiger partial charge in [0.25, 0.3) is 0 Å². The second-order valence-corrected chi connectivity index (χ2v) is 2.59. The minimum Gasteiger partial charge on any atom is -0.356 e. The number of nitriles is 1. The lowest BCUT2D eigenvalue weighted by Crippen LogP contribution is -2.34. The summed E-state index contributed by atoms with van der Waals surface area (Å²) in [4.78, 5) is 3.84. The van der Waals surface area contributed by atoms with Gasteiger partial charge >= 0.3 is 0 Å². The summed E-state index contributed by atoms with van der Waals surface area (Å²) in [7, 11) is 1.63. The normalized spacial score (nSPS) is 10.7. The van der Waals surface area contributed by atoms with Crippen LogP contribution in [0.4, 0.5) is 0 Å². The SMILES string of the molecule is CN=C(NC#N)NCCCCCN. The van der Waals surface area contributed by atoms with Crippen LogP contribution in [0.1, 0.15) is 19.3 Å². The monoisotopic (exact) mass is 183 g/mol. The van der Waals surface area contributed by atoms with E-state index in [-0.39, 0.29) is 0 Å². The first-order valence-corrected chi connectivity index (χ1v) is 4.41. The molecule has 74 valence electrons. The van der Waals surface area contributed by atoms with Crippen molar-refractivity contribution in [1.29, 1.82) is 5.26 Å². The molecule has 0 aromatic rings. The van der Waals surface area contributed by atoms with E-state index >= 15 is 0 Å². The average molecular weight is 183 g/mol. The van der Waals surface area contributed by atoms with Crippen molar-refractivity contribution >= 4 is 5.96 Å². The van der Waals surface area contributed by atoms with Crippen LogP contribution in [0.25, 0.3) is 0 Å². The van der Waals surface area contributed by atoms with Gasteiger partial charge < -0.3 is 11.1 Å². The minimum atomic E-state index is 0.523. The lowest BCUT2D eigenvalue weighted by Gasteiger charge is -2.05. The fourth-order valence-electron chi connectivity index (χ4n) is 0.885. The maximum atomic E-state index is 8.31. The first-order valence-electron chi connectivity index (χ1n) is 4.41. The summed E-state index contributed by atoms with van der Waals surface area (Å²) in [6.07, 6.45) is 5.00. The zero-order valence-electron chi connectivity index (χ0n) is 8.01. The summed E-state index contributed by atoms with van der Waals surface area (Å²) >= 11 is 0. The average Bonchev–Trinajstić information content (AvgIpc) is 2.16. The fraction of sp³-hybridized carbons (Fsp3) is 0.750. The predicted octanol–water partition coefficient (Wildman–Crippen LogP) is -0.239. The van der Waals surface area contributed by atoms with Gasteiger partial charge in [-0.25, -0.2) is 0 Å². The molecule has 0 spiro atoms. The molecular formula is C8H17N5. The maximum absolute atomic E-state index is 8.31. The molecule has 0 aromatic carbocycles. The number of nitrogens with one attached hydrogen (secondary N) is 2. The molecule has 4 N–H and O–H groups in total. The molecule has 0 saturated carbocycles. The van der Waals surface area contributed by atoms with Crippen LogP contribution in [0, 0.1) is 11.5 Å². The van der Waals surface area contributed by atoms with Gasteiger partial charge in [0.2, 0.25) is 5.96 Å². The van der Waals surface area contributed by atoms with Crippen LogP contribution in [0.15, 0.2) is 4.99 Å². The van der Waals surface area contributed by atoms with Crippen LogP contribution in [0.2, 0.25) is 0 Å². The molecule has 0 aromatic heterocycles. The topological polar surface area (TPSA) is 86.2 Å². The van der Waals surface area contributed by atoms with Crippen molar-refractivity contribution in [3.63, 3.8) is 0 Å². The summed E-state index contributed by atoms with van der Waals surface area (Å²) in [6, 6.07) is 0. The van der Waals surface area contributed by atoms with E-state index < -0.39 is 0 Å². The van der Waals surface area contributed by atoms with Crippen LogP contribution in [0.5, 0.6) is 0 Å². The first-order chi connectivity index (χ1) is 6.35. The largest absolute Gasteiger partial charge is 0.356 e. The molecule has 0 atom stereocenters. The van der Waals surface area contributed by atoms with Gasteiger partial charge in [-0.3, -0.25) is 10.3 Å². The van der Waals surface area contributed by atoms with Crippen LogP contribution < -0.4 is 16.4 Å². The van der Waals surface area contributed by atoms with Crippen LogP contribution >= 0.6 is 0 Å². The number of nitrogens with zero attached hydrogens (tertiary/aromatic N) is 2. The van der Waals surface area contributed by atoms with Crippen molar-refractivity contribution in [2.45, 2.75) is 19.3 Å². The Kier molecular flexibility index (Phi) is 7.95. The molecular weight excluding hydrogens is 166 g/mol. The Balaban J connectivity index is 3.35. The number of guanidine groups is 1. The summed E-state index contributed by atoms with van der Waals surface area (Å²) in [6.45, 7) is 1.56. The highest BCUT2D eigenvalue weighted by Crippen LogP contribution is 1.90. The second kappa shape index (κ2) is 8.81. The van der Waals surface area contributed by atoms with E-state index in [1.165, 1.54) is 0 Å². The Morgan fingerprint density at radius 2 is 2.23 bits per heavy atom. The molecule has 5 heteroatoms. The number of unbranched alkanes of at least 4 members (excludes halogenated alkanes) is 2. The second-order valence-electron chi connectivity index (χ2n) is 2.59. The van der Waals surface area contributed by atoms with Gasteiger partial charge in [0, 0.05) is 13.6 Å². The number of hydrogen-bond donors (Lipinski definition) is 3. The molecule has 5 nitrogen and oxygen atoms in total. The molecule has 0 unspecified atom stereocenters. The minimum absolute atomic E-state index is 0.523. The van der Waals surface area contributed by atoms with Crippen molar-refractivity contribution < 1.29 is 0 Å². The number of nitrogens with two attached hydrogens (primary N) is 1. The van der Waals surface area contributed by atoms with Crippen molar-refractivity contribution in [2.24, 2.45) is 10.7 Å². The van der Waals surface area contributed by atoms with Crippen LogP contribution in [-0.2, 0) is 0 Å². The van der Waals surface area contributed by atoms with Gasteiger partial charge in [0.15, 0.2) is 6.19 Å². The van der Waals surface area contributed by atoms with Crippen molar-refractivity contribution in [3.8, 4) is 6.19 Å². The number of hydrogen-bond acceptors (Lipinski definition) is 3. The third-order valence-electron chi connectivity index (χ3n) is 1.57. The molecule has 0 aliphatic heterocycles. The molecule has 0 radical (unpaired) electrons.